The van der Waals surface area contributed by atoms with Crippen molar-refractivity contribution in [3.05, 3.63) is 47.5 Å². The Kier molecular flexibility index (Phi) is 3.53. The van der Waals surface area contributed by atoms with E-state index in [2.05, 4.69) is 6.58 Å². The lowest BCUT2D eigenvalue weighted by Gasteiger charge is -2.20. The van der Waals surface area contributed by atoms with Crippen molar-refractivity contribution < 1.29 is 9.90 Å². The van der Waals surface area contributed by atoms with Gasteiger partial charge in [-0.2, -0.15) is 0 Å². The molecule has 0 aliphatic heterocycles. The topological polar surface area (TPSA) is 37.3 Å². The van der Waals surface area contributed by atoms with Crippen LogP contribution in [0.25, 0.3) is 0 Å². The molecule has 1 rings (SSSR count). The highest BCUT2D eigenvalue weighted by molar-refractivity contribution is 6.30. The molecule has 1 atom stereocenters. The standard InChI is InChI=1S/C12H13ClO2/c1-3-12(2,11(14)15)8-9-5-4-6-10(13)7-9/h3-7H,1,8H2,2H3,(H,14,15). The number of carboxylic acids is 1. The summed E-state index contributed by atoms with van der Waals surface area (Å²) in [6.07, 6.45) is 1.85. The second-order valence-corrected chi connectivity index (χ2v) is 4.17. The van der Waals surface area contributed by atoms with Gasteiger partial charge in [0, 0.05) is 5.02 Å². The van der Waals surface area contributed by atoms with Crippen molar-refractivity contribution >= 4 is 17.6 Å². The molecule has 0 aromatic heterocycles. The predicted octanol–water partition coefficient (Wildman–Crippen LogP) is 3.16. The molecule has 1 unspecified atom stereocenters. The number of rotatable bonds is 4. The van der Waals surface area contributed by atoms with E-state index in [0.717, 1.165) is 5.56 Å². The minimum absolute atomic E-state index is 0.395. The molecule has 1 aromatic rings. The maximum absolute atomic E-state index is 11.0. The van der Waals surface area contributed by atoms with E-state index in [1.54, 1.807) is 19.1 Å². The van der Waals surface area contributed by atoms with Crippen molar-refractivity contribution in [2.24, 2.45) is 5.41 Å². The maximum atomic E-state index is 11.0. The van der Waals surface area contributed by atoms with Crippen LogP contribution in [0.2, 0.25) is 5.02 Å². The quantitative estimate of drug-likeness (QED) is 0.798. The highest BCUT2D eigenvalue weighted by Crippen LogP contribution is 2.25. The summed E-state index contributed by atoms with van der Waals surface area (Å²) in [5, 5.41) is 9.67. The first-order valence-corrected chi connectivity index (χ1v) is 4.97. The first-order valence-electron chi connectivity index (χ1n) is 4.59. The van der Waals surface area contributed by atoms with Crippen molar-refractivity contribution in [2.45, 2.75) is 13.3 Å². The Morgan fingerprint density at radius 1 is 1.67 bits per heavy atom. The normalized spacial score (nSPS) is 14.3. The number of hydrogen-bond donors (Lipinski definition) is 1. The van der Waals surface area contributed by atoms with Crippen LogP contribution in [-0.4, -0.2) is 11.1 Å². The fourth-order valence-electron chi connectivity index (χ4n) is 1.31. The number of carboxylic acid groups (broad SMARTS) is 1. The first-order chi connectivity index (χ1) is 6.98. The average molecular weight is 225 g/mol. The van der Waals surface area contributed by atoms with Gasteiger partial charge in [0.25, 0.3) is 0 Å². The van der Waals surface area contributed by atoms with Crippen molar-refractivity contribution in [2.75, 3.05) is 0 Å². The fraction of sp³-hybridized carbons (Fsp3) is 0.250. The summed E-state index contributed by atoms with van der Waals surface area (Å²) in [7, 11) is 0. The highest BCUT2D eigenvalue weighted by atomic mass is 35.5. The van der Waals surface area contributed by atoms with Gasteiger partial charge < -0.3 is 5.11 Å². The van der Waals surface area contributed by atoms with Crippen LogP contribution in [-0.2, 0) is 11.2 Å². The minimum atomic E-state index is -0.940. The first kappa shape index (κ1) is 11.8. The summed E-state index contributed by atoms with van der Waals surface area (Å²) in [4.78, 5) is 11.0. The Balaban J connectivity index is 2.93. The van der Waals surface area contributed by atoms with E-state index >= 15 is 0 Å². The number of halogens is 1. The summed E-state index contributed by atoms with van der Waals surface area (Å²) >= 11 is 5.82. The molecule has 2 nitrogen and oxygen atoms in total. The Morgan fingerprint density at radius 2 is 2.33 bits per heavy atom. The molecule has 15 heavy (non-hydrogen) atoms. The number of hydrogen-bond acceptors (Lipinski definition) is 1. The molecule has 80 valence electrons. The zero-order valence-corrected chi connectivity index (χ0v) is 9.29. The fourth-order valence-corrected chi connectivity index (χ4v) is 1.52. The Bertz CT molecular complexity index is 387. The molecule has 1 N–H and O–H groups in total. The van der Waals surface area contributed by atoms with Crippen LogP contribution < -0.4 is 0 Å². The zero-order valence-electron chi connectivity index (χ0n) is 8.53. The second-order valence-electron chi connectivity index (χ2n) is 3.73. The van der Waals surface area contributed by atoms with Gasteiger partial charge in [0.1, 0.15) is 0 Å². The molecular formula is C12H13ClO2. The highest BCUT2D eigenvalue weighted by Gasteiger charge is 2.29. The predicted molar refractivity (Wildman–Crippen MR) is 61.1 cm³/mol. The van der Waals surface area contributed by atoms with E-state index in [1.165, 1.54) is 6.08 Å². The van der Waals surface area contributed by atoms with Crippen LogP contribution in [0.5, 0.6) is 0 Å². The van der Waals surface area contributed by atoms with E-state index in [-0.39, 0.29) is 0 Å². The monoisotopic (exact) mass is 224 g/mol. The van der Waals surface area contributed by atoms with Gasteiger partial charge in [-0.05, 0) is 31.0 Å². The third-order valence-electron chi connectivity index (χ3n) is 2.40. The van der Waals surface area contributed by atoms with Gasteiger partial charge in [-0.15, -0.1) is 6.58 Å². The van der Waals surface area contributed by atoms with E-state index in [9.17, 15) is 4.79 Å². The van der Waals surface area contributed by atoms with Crippen LogP contribution >= 0.6 is 11.6 Å². The number of carbonyl (C=O) groups is 1. The SMILES string of the molecule is C=CC(C)(Cc1cccc(Cl)c1)C(=O)O. The van der Waals surface area contributed by atoms with E-state index in [1.807, 2.05) is 12.1 Å². The molecule has 0 bridgehead atoms. The molecule has 1 aromatic carbocycles. The van der Waals surface area contributed by atoms with Crippen molar-refractivity contribution in [1.82, 2.24) is 0 Å². The van der Waals surface area contributed by atoms with Crippen molar-refractivity contribution in [3.63, 3.8) is 0 Å². The average Bonchev–Trinajstić information content (AvgIpc) is 2.17. The molecule has 0 saturated carbocycles. The third-order valence-corrected chi connectivity index (χ3v) is 2.63. The van der Waals surface area contributed by atoms with Gasteiger partial charge in [0.05, 0.1) is 5.41 Å². The minimum Gasteiger partial charge on any atom is -0.481 e. The largest absolute Gasteiger partial charge is 0.481 e. The number of aliphatic carboxylic acids is 1. The van der Waals surface area contributed by atoms with Crippen molar-refractivity contribution in [1.29, 1.82) is 0 Å². The summed E-state index contributed by atoms with van der Waals surface area (Å²) < 4.78 is 0. The molecule has 0 amide bonds. The lowest BCUT2D eigenvalue weighted by Crippen LogP contribution is -2.27. The number of benzene rings is 1. The Labute approximate surface area is 94.2 Å². The summed E-state index contributed by atoms with van der Waals surface area (Å²) in [5.74, 6) is -0.877. The van der Waals surface area contributed by atoms with Crippen LogP contribution in [0.1, 0.15) is 12.5 Å². The summed E-state index contributed by atoms with van der Waals surface area (Å²) in [5.41, 5.74) is -0.0442. The van der Waals surface area contributed by atoms with Crippen LogP contribution in [0, 0.1) is 5.41 Å². The van der Waals surface area contributed by atoms with Crippen LogP contribution in [0.4, 0.5) is 0 Å². The molecule has 0 spiro atoms. The summed E-state index contributed by atoms with van der Waals surface area (Å²) in [6.45, 7) is 5.20. The molecule has 0 aliphatic carbocycles. The van der Waals surface area contributed by atoms with Gasteiger partial charge in [-0.25, -0.2) is 0 Å². The smallest absolute Gasteiger partial charge is 0.313 e. The second kappa shape index (κ2) is 4.49. The molecule has 3 heteroatoms. The maximum Gasteiger partial charge on any atom is 0.313 e. The lowest BCUT2D eigenvalue weighted by atomic mass is 9.84. The molecule has 0 radical (unpaired) electrons. The zero-order chi connectivity index (χ0) is 11.5. The molecule has 0 heterocycles. The molecule has 0 fully saturated rings. The molecular weight excluding hydrogens is 212 g/mol. The van der Waals surface area contributed by atoms with Gasteiger partial charge in [-0.3, -0.25) is 4.79 Å². The van der Waals surface area contributed by atoms with Crippen LogP contribution in [0.15, 0.2) is 36.9 Å². The Morgan fingerprint density at radius 3 is 2.80 bits per heavy atom. The third kappa shape index (κ3) is 2.83. The van der Waals surface area contributed by atoms with E-state index < -0.39 is 11.4 Å². The van der Waals surface area contributed by atoms with E-state index in [4.69, 9.17) is 16.7 Å². The van der Waals surface area contributed by atoms with Gasteiger partial charge in [-0.1, -0.05) is 29.8 Å². The summed E-state index contributed by atoms with van der Waals surface area (Å²) in [6, 6.07) is 7.20. The molecule has 0 aliphatic rings. The van der Waals surface area contributed by atoms with Crippen molar-refractivity contribution in [3.8, 4) is 0 Å². The van der Waals surface area contributed by atoms with Gasteiger partial charge in [0.2, 0.25) is 0 Å². The van der Waals surface area contributed by atoms with Gasteiger partial charge in [0.15, 0.2) is 0 Å². The van der Waals surface area contributed by atoms with Gasteiger partial charge >= 0.3 is 5.97 Å². The van der Waals surface area contributed by atoms with Crippen LogP contribution in [0.3, 0.4) is 0 Å². The van der Waals surface area contributed by atoms with E-state index in [0.29, 0.717) is 11.4 Å². The lowest BCUT2D eigenvalue weighted by molar-refractivity contribution is -0.145. The Hall–Kier alpha value is -1.28. The molecule has 0 saturated heterocycles.